The van der Waals surface area contributed by atoms with E-state index in [2.05, 4.69) is 16.7 Å². The predicted octanol–water partition coefficient (Wildman–Crippen LogP) is 4.62. The fourth-order valence-corrected chi connectivity index (χ4v) is 2.73. The Balaban J connectivity index is 2.03. The van der Waals surface area contributed by atoms with Gasteiger partial charge in [0, 0.05) is 5.69 Å². The summed E-state index contributed by atoms with van der Waals surface area (Å²) < 4.78 is 0. The van der Waals surface area contributed by atoms with Crippen LogP contribution in [0.25, 0.3) is 0 Å². The maximum Gasteiger partial charge on any atom is 0.243 e. The van der Waals surface area contributed by atoms with Crippen molar-refractivity contribution in [3.05, 3.63) is 57.6 Å². The number of nitrogens with one attached hydrogen (secondary N) is 2. The number of hydrogen-bond donors (Lipinski definition) is 2. The van der Waals surface area contributed by atoms with E-state index in [4.69, 9.17) is 11.6 Å². The molecule has 0 unspecified atom stereocenters. The number of rotatable bonds is 4. The Morgan fingerprint density at radius 3 is 2.41 bits per heavy atom. The van der Waals surface area contributed by atoms with Crippen LogP contribution in [0.4, 0.5) is 11.4 Å². The molecule has 0 saturated heterocycles. The summed E-state index contributed by atoms with van der Waals surface area (Å²) in [6.07, 6.45) is 0. The summed E-state index contributed by atoms with van der Waals surface area (Å²) in [5.74, 6) is -0.116. The Labute approximate surface area is 136 Å². The lowest BCUT2D eigenvalue weighted by Crippen LogP contribution is -2.22. The van der Waals surface area contributed by atoms with E-state index in [1.165, 1.54) is 0 Å². The molecule has 0 bridgehead atoms. The second kappa shape index (κ2) is 6.84. The van der Waals surface area contributed by atoms with Crippen LogP contribution in [-0.4, -0.2) is 12.5 Å². The third-order valence-corrected chi connectivity index (χ3v) is 3.83. The predicted molar refractivity (Wildman–Crippen MR) is 94.0 cm³/mol. The fourth-order valence-electron chi connectivity index (χ4n) is 2.36. The van der Waals surface area contributed by atoms with Crippen LogP contribution in [-0.2, 0) is 4.79 Å². The second-order valence-corrected chi connectivity index (χ2v) is 6.07. The van der Waals surface area contributed by atoms with Gasteiger partial charge in [-0.05, 0) is 62.1 Å². The molecular weight excluding hydrogens is 296 g/mol. The van der Waals surface area contributed by atoms with Gasteiger partial charge in [-0.2, -0.15) is 0 Å². The Morgan fingerprint density at radius 2 is 1.73 bits per heavy atom. The zero-order valence-electron chi connectivity index (χ0n) is 13.4. The monoisotopic (exact) mass is 316 g/mol. The maximum absolute atomic E-state index is 12.1. The number of halogens is 1. The van der Waals surface area contributed by atoms with Gasteiger partial charge in [0.2, 0.25) is 5.91 Å². The maximum atomic E-state index is 12.1. The smallest absolute Gasteiger partial charge is 0.243 e. The highest BCUT2D eigenvalue weighted by atomic mass is 35.5. The van der Waals surface area contributed by atoms with Crippen LogP contribution in [0.15, 0.2) is 30.3 Å². The number of carbonyl (C=O) groups is 1. The SMILES string of the molecule is Cc1cc(C)c(NC(=O)CNc2cc(C)ccc2C)c(Cl)c1. The quantitative estimate of drug-likeness (QED) is 0.863. The summed E-state index contributed by atoms with van der Waals surface area (Å²) in [4.78, 5) is 12.1. The largest absolute Gasteiger partial charge is 0.376 e. The molecule has 0 aliphatic rings. The molecule has 2 aromatic rings. The first-order valence-electron chi connectivity index (χ1n) is 7.24. The van der Waals surface area contributed by atoms with Crippen molar-refractivity contribution in [3.8, 4) is 0 Å². The first-order valence-corrected chi connectivity index (χ1v) is 7.62. The van der Waals surface area contributed by atoms with E-state index in [9.17, 15) is 4.79 Å². The molecule has 2 N–H and O–H groups in total. The zero-order chi connectivity index (χ0) is 16.3. The van der Waals surface area contributed by atoms with Crippen molar-refractivity contribution in [1.29, 1.82) is 0 Å². The lowest BCUT2D eigenvalue weighted by molar-refractivity contribution is -0.114. The molecule has 2 aromatic carbocycles. The molecule has 116 valence electrons. The van der Waals surface area contributed by atoms with E-state index >= 15 is 0 Å². The van der Waals surface area contributed by atoms with Gasteiger partial charge in [-0.15, -0.1) is 0 Å². The average molecular weight is 317 g/mol. The van der Waals surface area contributed by atoms with Crippen LogP contribution in [0.3, 0.4) is 0 Å². The molecule has 22 heavy (non-hydrogen) atoms. The van der Waals surface area contributed by atoms with Gasteiger partial charge in [-0.25, -0.2) is 0 Å². The number of amides is 1. The standard InChI is InChI=1S/C18H21ClN2O/c1-11-5-6-13(3)16(9-11)20-10-17(22)21-18-14(4)7-12(2)8-15(18)19/h5-9,20H,10H2,1-4H3,(H,21,22). The van der Waals surface area contributed by atoms with Crippen LogP contribution in [0.2, 0.25) is 5.02 Å². The summed E-state index contributed by atoms with van der Waals surface area (Å²) in [7, 11) is 0. The summed E-state index contributed by atoms with van der Waals surface area (Å²) in [5, 5.41) is 6.61. The van der Waals surface area contributed by atoms with Crippen molar-refractivity contribution >= 4 is 28.9 Å². The first-order chi connectivity index (χ1) is 10.4. The summed E-state index contributed by atoms with van der Waals surface area (Å²) in [5.41, 5.74) is 5.97. The fraction of sp³-hybridized carbons (Fsp3) is 0.278. The van der Waals surface area contributed by atoms with Crippen LogP contribution in [0, 0.1) is 27.7 Å². The van der Waals surface area contributed by atoms with Crippen molar-refractivity contribution in [2.75, 3.05) is 17.2 Å². The summed E-state index contributed by atoms with van der Waals surface area (Å²) >= 11 is 6.21. The van der Waals surface area contributed by atoms with Gasteiger partial charge in [0.25, 0.3) is 0 Å². The van der Waals surface area contributed by atoms with Crippen molar-refractivity contribution in [3.63, 3.8) is 0 Å². The highest BCUT2D eigenvalue weighted by Crippen LogP contribution is 2.27. The van der Waals surface area contributed by atoms with Gasteiger partial charge >= 0.3 is 0 Å². The summed E-state index contributed by atoms with van der Waals surface area (Å²) in [6.45, 7) is 8.16. The molecule has 0 atom stereocenters. The Kier molecular flexibility index (Phi) is 5.09. The highest BCUT2D eigenvalue weighted by Gasteiger charge is 2.10. The summed E-state index contributed by atoms with van der Waals surface area (Å²) in [6, 6.07) is 9.97. The van der Waals surface area contributed by atoms with Crippen LogP contribution < -0.4 is 10.6 Å². The van der Waals surface area contributed by atoms with E-state index in [1.54, 1.807) is 0 Å². The molecule has 0 radical (unpaired) electrons. The number of aryl methyl sites for hydroxylation is 4. The van der Waals surface area contributed by atoms with Crippen LogP contribution in [0.5, 0.6) is 0 Å². The first kappa shape index (κ1) is 16.4. The van der Waals surface area contributed by atoms with E-state index in [1.807, 2.05) is 52.0 Å². The van der Waals surface area contributed by atoms with E-state index in [-0.39, 0.29) is 12.5 Å². The van der Waals surface area contributed by atoms with Gasteiger partial charge in [0.15, 0.2) is 0 Å². The van der Waals surface area contributed by atoms with Gasteiger partial charge in [0.05, 0.1) is 17.3 Å². The third kappa shape index (κ3) is 4.01. The number of anilines is 2. The lowest BCUT2D eigenvalue weighted by atomic mass is 10.1. The lowest BCUT2D eigenvalue weighted by Gasteiger charge is -2.13. The van der Waals surface area contributed by atoms with E-state index in [0.29, 0.717) is 10.7 Å². The molecule has 4 heteroatoms. The van der Waals surface area contributed by atoms with Gasteiger partial charge in [-0.3, -0.25) is 4.79 Å². The molecule has 0 heterocycles. The topological polar surface area (TPSA) is 41.1 Å². The van der Waals surface area contributed by atoms with Crippen LogP contribution in [0.1, 0.15) is 22.3 Å². The molecule has 0 spiro atoms. The molecule has 3 nitrogen and oxygen atoms in total. The normalized spacial score (nSPS) is 10.4. The van der Waals surface area contributed by atoms with Crippen LogP contribution >= 0.6 is 11.6 Å². The highest BCUT2D eigenvalue weighted by molar-refractivity contribution is 6.34. The average Bonchev–Trinajstić information content (AvgIpc) is 2.44. The molecule has 0 aliphatic carbocycles. The van der Waals surface area contributed by atoms with Gasteiger partial charge in [-0.1, -0.05) is 29.8 Å². The number of carbonyl (C=O) groups excluding carboxylic acids is 1. The number of benzene rings is 2. The van der Waals surface area contributed by atoms with Crippen molar-refractivity contribution < 1.29 is 4.79 Å². The molecule has 0 aliphatic heterocycles. The number of hydrogen-bond acceptors (Lipinski definition) is 2. The zero-order valence-corrected chi connectivity index (χ0v) is 14.1. The van der Waals surface area contributed by atoms with E-state index in [0.717, 1.165) is 27.9 Å². The van der Waals surface area contributed by atoms with Crippen molar-refractivity contribution in [2.24, 2.45) is 0 Å². The van der Waals surface area contributed by atoms with E-state index < -0.39 is 0 Å². The second-order valence-electron chi connectivity index (χ2n) is 5.66. The molecule has 0 aromatic heterocycles. The minimum absolute atomic E-state index is 0.116. The van der Waals surface area contributed by atoms with Crippen molar-refractivity contribution in [2.45, 2.75) is 27.7 Å². The Hall–Kier alpha value is -2.00. The van der Waals surface area contributed by atoms with Gasteiger partial charge < -0.3 is 10.6 Å². The van der Waals surface area contributed by atoms with Crippen molar-refractivity contribution in [1.82, 2.24) is 0 Å². The van der Waals surface area contributed by atoms with Gasteiger partial charge in [0.1, 0.15) is 0 Å². The minimum Gasteiger partial charge on any atom is -0.376 e. The minimum atomic E-state index is -0.116. The molecular formula is C18H21ClN2O. The molecule has 2 rings (SSSR count). The molecule has 1 amide bonds. The Bertz CT molecular complexity index is 687. The molecule has 0 saturated carbocycles. The Morgan fingerprint density at radius 1 is 1.00 bits per heavy atom. The molecule has 0 fully saturated rings. The third-order valence-electron chi connectivity index (χ3n) is 3.53.